The van der Waals surface area contributed by atoms with Crippen LogP contribution in [0, 0.1) is 6.92 Å². The van der Waals surface area contributed by atoms with Gasteiger partial charge in [0.05, 0.1) is 24.7 Å². The molecule has 1 heterocycles. The highest BCUT2D eigenvalue weighted by Crippen LogP contribution is 2.23. The molecule has 0 radical (unpaired) electrons. The van der Waals surface area contributed by atoms with Crippen LogP contribution in [0.1, 0.15) is 21.6 Å². The Morgan fingerprint density at radius 3 is 2.50 bits per heavy atom. The van der Waals surface area contributed by atoms with Crippen LogP contribution in [0.2, 0.25) is 0 Å². The number of benzene rings is 2. The second kappa shape index (κ2) is 8.16. The molecule has 2 N–H and O–H groups in total. The van der Waals surface area contributed by atoms with Gasteiger partial charge in [-0.15, -0.1) is 0 Å². The summed E-state index contributed by atoms with van der Waals surface area (Å²) in [7, 11) is 1.57. The van der Waals surface area contributed by atoms with Crippen LogP contribution in [0.4, 0.5) is 11.4 Å². The van der Waals surface area contributed by atoms with Crippen molar-refractivity contribution >= 4 is 17.3 Å². The zero-order valence-electron chi connectivity index (χ0n) is 14.8. The Labute approximate surface area is 153 Å². The van der Waals surface area contributed by atoms with Gasteiger partial charge in [0.1, 0.15) is 11.4 Å². The van der Waals surface area contributed by atoms with Gasteiger partial charge in [0, 0.05) is 6.54 Å². The van der Waals surface area contributed by atoms with Gasteiger partial charge in [0.25, 0.3) is 5.91 Å². The number of nitrogens with zero attached hydrogens (tertiary/aromatic N) is 1. The molecule has 1 amide bonds. The van der Waals surface area contributed by atoms with Crippen molar-refractivity contribution < 1.29 is 9.53 Å². The summed E-state index contributed by atoms with van der Waals surface area (Å²) in [6.45, 7) is 2.77. The van der Waals surface area contributed by atoms with Crippen LogP contribution in [0.25, 0.3) is 0 Å². The van der Waals surface area contributed by atoms with Crippen molar-refractivity contribution in [3.8, 4) is 5.75 Å². The van der Waals surface area contributed by atoms with Crippen molar-refractivity contribution in [2.75, 3.05) is 17.7 Å². The quantitative estimate of drug-likeness (QED) is 0.699. The zero-order chi connectivity index (χ0) is 18.4. The Morgan fingerprint density at radius 1 is 1.04 bits per heavy atom. The van der Waals surface area contributed by atoms with Crippen LogP contribution in [-0.4, -0.2) is 18.0 Å². The molecule has 1 aromatic heterocycles. The van der Waals surface area contributed by atoms with Gasteiger partial charge in [-0.25, -0.2) is 4.98 Å². The van der Waals surface area contributed by atoms with E-state index in [0.717, 1.165) is 5.69 Å². The first-order chi connectivity index (χ1) is 12.7. The number of hydrogen-bond donors (Lipinski definition) is 2. The monoisotopic (exact) mass is 347 g/mol. The molecule has 26 heavy (non-hydrogen) atoms. The number of methoxy groups -OCH3 is 1. The van der Waals surface area contributed by atoms with Gasteiger partial charge in [0.2, 0.25) is 0 Å². The molecule has 0 aliphatic rings. The van der Waals surface area contributed by atoms with E-state index in [1.807, 2.05) is 18.2 Å². The molecule has 0 saturated carbocycles. The lowest BCUT2D eigenvalue weighted by Crippen LogP contribution is -2.14. The topological polar surface area (TPSA) is 63.2 Å². The summed E-state index contributed by atoms with van der Waals surface area (Å²) in [6, 6.07) is 19.2. The van der Waals surface area contributed by atoms with Gasteiger partial charge >= 0.3 is 0 Å². The first-order valence-electron chi connectivity index (χ1n) is 8.35. The highest BCUT2D eigenvalue weighted by atomic mass is 16.5. The van der Waals surface area contributed by atoms with Crippen LogP contribution in [0.5, 0.6) is 5.75 Å². The number of para-hydroxylation sites is 2. The lowest BCUT2D eigenvalue weighted by atomic mass is 10.1. The lowest BCUT2D eigenvalue weighted by Gasteiger charge is -2.10. The predicted octanol–water partition coefficient (Wildman–Crippen LogP) is 4.26. The fraction of sp³-hybridized carbons (Fsp3) is 0.143. The summed E-state index contributed by atoms with van der Waals surface area (Å²) in [6.07, 6.45) is 1.66. The van der Waals surface area contributed by atoms with E-state index in [4.69, 9.17) is 4.74 Å². The van der Waals surface area contributed by atoms with Gasteiger partial charge in [-0.1, -0.05) is 42.0 Å². The van der Waals surface area contributed by atoms with Crippen molar-refractivity contribution in [1.29, 1.82) is 0 Å². The molecule has 0 saturated heterocycles. The molecule has 132 valence electrons. The van der Waals surface area contributed by atoms with Gasteiger partial charge in [-0.2, -0.15) is 0 Å². The molecule has 3 aromatic rings. The van der Waals surface area contributed by atoms with Crippen molar-refractivity contribution in [3.05, 3.63) is 83.7 Å². The molecule has 5 nitrogen and oxygen atoms in total. The number of hydrogen-bond acceptors (Lipinski definition) is 4. The molecular formula is C21H21N3O2. The van der Waals surface area contributed by atoms with E-state index in [-0.39, 0.29) is 5.91 Å². The lowest BCUT2D eigenvalue weighted by molar-refractivity contribution is 0.102. The highest BCUT2D eigenvalue weighted by Gasteiger charge is 2.10. The minimum absolute atomic E-state index is 0.278. The summed E-state index contributed by atoms with van der Waals surface area (Å²) < 4.78 is 5.24. The second-order valence-corrected chi connectivity index (χ2v) is 5.93. The van der Waals surface area contributed by atoms with Crippen molar-refractivity contribution in [2.24, 2.45) is 0 Å². The number of anilines is 2. The fourth-order valence-corrected chi connectivity index (χ4v) is 2.48. The molecule has 2 aromatic carbocycles. The normalized spacial score (nSPS) is 10.2. The average molecular weight is 347 g/mol. The van der Waals surface area contributed by atoms with E-state index in [2.05, 4.69) is 46.8 Å². The first-order valence-corrected chi connectivity index (χ1v) is 8.35. The van der Waals surface area contributed by atoms with Crippen LogP contribution < -0.4 is 15.4 Å². The number of carbonyl (C=O) groups excluding carboxylic acids is 1. The highest BCUT2D eigenvalue weighted by molar-refractivity contribution is 6.03. The third-order valence-corrected chi connectivity index (χ3v) is 3.97. The molecule has 0 aliphatic heterocycles. The van der Waals surface area contributed by atoms with E-state index in [1.54, 1.807) is 31.5 Å². The summed E-state index contributed by atoms with van der Waals surface area (Å²) in [5.41, 5.74) is 4.24. The van der Waals surface area contributed by atoms with E-state index >= 15 is 0 Å². The minimum Gasteiger partial charge on any atom is -0.495 e. The SMILES string of the molecule is COc1ccccc1NC(=O)c1ccc(NCc2ccc(C)cc2)cn1. The Hall–Kier alpha value is -3.34. The van der Waals surface area contributed by atoms with Crippen LogP contribution in [0.15, 0.2) is 66.9 Å². The molecule has 0 fully saturated rings. The van der Waals surface area contributed by atoms with E-state index in [1.165, 1.54) is 11.1 Å². The Kier molecular flexibility index (Phi) is 5.49. The number of nitrogens with one attached hydrogen (secondary N) is 2. The third kappa shape index (κ3) is 4.39. The first kappa shape index (κ1) is 17.5. The van der Waals surface area contributed by atoms with Gasteiger partial charge in [-0.3, -0.25) is 4.79 Å². The minimum atomic E-state index is -0.278. The van der Waals surface area contributed by atoms with E-state index < -0.39 is 0 Å². The summed E-state index contributed by atoms with van der Waals surface area (Å²) in [4.78, 5) is 16.6. The van der Waals surface area contributed by atoms with E-state index in [9.17, 15) is 4.79 Å². The number of aryl methyl sites for hydroxylation is 1. The van der Waals surface area contributed by atoms with Crippen LogP contribution >= 0.6 is 0 Å². The molecule has 3 rings (SSSR count). The van der Waals surface area contributed by atoms with Crippen molar-refractivity contribution in [1.82, 2.24) is 4.98 Å². The van der Waals surface area contributed by atoms with Crippen molar-refractivity contribution in [2.45, 2.75) is 13.5 Å². The molecule has 0 atom stereocenters. The smallest absolute Gasteiger partial charge is 0.274 e. The largest absolute Gasteiger partial charge is 0.495 e. The maximum absolute atomic E-state index is 12.4. The molecule has 0 spiro atoms. The van der Waals surface area contributed by atoms with Crippen molar-refractivity contribution in [3.63, 3.8) is 0 Å². The number of ether oxygens (including phenoxy) is 1. The van der Waals surface area contributed by atoms with E-state index in [0.29, 0.717) is 23.7 Å². The van der Waals surface area contributed by atoms with Crippen LogP contribution in [-0.2, 0) is 6.54 Å². The summed E-state index contributed by atoms with van der Waals surface area (Å²) in [5.74, 6) is 0.330. The number of rotatable bonds is 6. The number of carbonyl (C=O) groups is 1. The second-order valence-electron chi connectivity index (χ2n) is 5.93. The fourth-order valence-electron chi connectivity index (χ4n) is 2.48. The Balaban J connectivity index is 1.61. The van der Waals surface area contributed by atoms with Gasteiger partial charge < -0.3 is 15.4 Å². The summed E-state index contributed by atoms with van der Waals surface area (Å²) in [5, 5.41) is 6.11. The maximum atomic E-state index is 12.4. The number of pyridine rings is 1. The number of aromatic nitrogens is 1. The van der Waals surface area contributed by atoms with Gasteiger partial charge in [-0.05, 0) is 36.8 Å². The molecule has 0 bridgehead atoms. The molecule has 0 unspecified atom stereocenters. The molecule has 5 heteroatoms. The van der Waals surface area contributed by atoms with Crippen LogP contribution in [0.3, 0.4) is 0 Å². The summed E-state index contributed by atoms with van der Waals surface area (Å²) >= 11 is 0. The number of amides is 1. The average Bonchev–Trinajstić information content (AvgIpc) is 2.68. The Morgan fingerprint density at radius 2 is 1.81 bits per heavy atom. The third-order valence-electron chi connectivity index (χ3n) is 3.97. The molecule has 0 aliphatic carbocycles. The maximum Gasteiger partial charge on any atom is 0.274 e. The standard InChI is InChI=1S/C21H21N3O2/c1-15-7-9-16(10-8-15)13-22-17-11-12-19(23-14-17)21(25)24-18-5-3-4-6-20(18)26-2/h3-12,14,22H,13H2,1-2H3,(H,24,25). The predicted molar refractivity (Wildman–Crippen MR) is 104 cm³/mol. The van der Waals surface area contributed by atoms with Gasteiger partial charge in [0.15, 0.2) is 0 Å². The molecular weight excluding hydrogens is 326 g/mol. The Bertz CT molecular complexity index is 875. The zero-order valence-corrected chi connectivity index (χ0v) is 14.8.